The molecule has 5 heteroatoms. The van der Waals surface area contributed by atoms with Crippen molar-refractivity contribution in [2.24, 2.45) is 0 Å². The summed E-state index contributed by atoms with van der Waals surface area (Å²) in [6.07, 6.45) is 0. The second-order valence-electron chi connectivity index (χ2n) is 4.74. The number of piperazine rings is 1. The zero-order chi connectivity index (χ0) is 14.0. The van der Waals surface area contributed by atoms with E-state index >= 15 is 0 Å². The largest absolute Gasteiger partial charge is 0.467 e. The molecule has 0 aromatic heterocycles. The van der Waals surface area contributed by atoms with Crippen LogP contribution in [0, 0.1) is 13.8 Å². The van der Waals surface area contributed by atoms with E-state index in [4.69, 9.17) is 4.74 Å². The van der Waals surface area contributed by atoms with E-state index in [0.29, 0.717) is 6.54 Å². The minimum Gasteiger partial charge on any atom is -0.467 e. The molecule has 1 fully saturated rings. The minimum absolute atomic E-state index is 0.164. The van der Waals surface area contributed by atoms with Crippen molar-refractivity contribution in [1.29, 1.82) is 0 Å². The molecule has 0 aliphatic carbocycles. The molecule has 2 rings (SSSR count). The van der Waals surface area contributed by atoms with E-state index in [1.165, 1.54) is 7.11 Å². The molecule has 0 bridgehead atoms. The number of methoxy groups -OCH3 is 1. The van der Waals surface area contributed by atoms with E-state index in [9.17, 15) is 9.59 Å². The highest BCUT2D eigenvalue weighted by molar-refractivity contribution is 5.90. The molecule has 1 aliphatic heterocycles. The summed E-state index contributed by atoms with van der Waals surface area (Å²) in [5.74, 6) is -0.578. The second kappa shape index (κ2) is 5.30. The van der Waals surface area contributed by atoms with Crippen LogP contribution in [0.3, 0.4) is 0 Å². The maximum Gasteiger partial charge on any atom is 0.330 e. The van der Waals surface area contributed by atoms with E-state index in [1.807, 2.05) is 36.9 Å². The Labute approximate surface area is 112 Å². The van der Waals surface area contributed by atoms with Crippen LogP contribution in [-0.2, 0) is 14.3 Å². The van der Waals surface area contributed by atoms with Crippen molar-refractivity contribution in [3.05, 3.63) is 29.3 Å². The molecule has 19 heavy (non-hydrogen) atoms. The number of rotatable bonds is 2. The highest BCUT2D eigenvalue weighted by Gasteiger charge is 2.30. The maximum atomic E-state index is 11.7. The number of amides is 1. The molecule has 5 nitrogen and oxygen atoms in total. The number of carbonyl (C=O) groups excluding carboxylic acids is 2. The first-order chi connectivity index (χ1) is 9.02. The summed E-state index contributed by atoms with van der Waals surface area (Å²) >= 11 is 0. The first-order valence-corrected chi connectivity index (χ1v) is 6.21. The van der Waals surface area contributed by atoms with Gasteiger partial charge in [0.15, 0.2) is 0 Å². The molecule has 0 spiro atoms. The van der Waals surface area contributed by atoms with Crippen LogP contribution >= 0.6 is 0 Å². The molecule has 102 valence electrons. The van der Waals surface area contributed by atoms with Gasteiger partial charge in [0.1, 0.15) is 6.04 Å². The number of aryl methyl sites for hydroxylation is 1. The third-order valence-corrected chi connectivity index (χ3v) is 3.48. The number of anilines is 1. The third kappa shape index (κ3) is 2.70. The number of esters is 1. The molecule has 1 saturated heterocycles. The van der Waals surface area contributed by atoms with E-state index in [0.717, 1.165) is 16.8 Å². The number of nitrogens with zero attached hydrogens (tertiary/aromatic N) is 1. The van der Waals surface area contributed by atoms with Crippen LogP contribution in [0.15, 0.2) is 18.2 Å². The summed E-state index contributed by atoms with van der Waals surface area (Å²) < 4.78 is 4.70. The van der Waals surface area contributed by atoms with Crippen LogP contribution in [-0.4, -0.2) is 38.1 Å². The Morgan fingerprint density at radius 2 is 2.16 bits per heavy atom. The lowest BCUT2D eigenvalue weighted by Crippen LogP contribution is -2.57. The van der Waals surface area contributed by atoms with Gasteiger partial charge in [-0.3, -0.25) is 4.79 Å². The van der Waals surface area contributed by atoms with Crippen LogP contribution in [0.2, 0.25) is 0 Å². The molecule has 0 saturated carbocycles. The number of ether oxygens (including phenoxy) is 1. The van der Waals surface area contributed by atoms with Crippen LogP contribution in [0.25, 0.3) is 0 Å². The zero-order valence-electron chi connectivity index (χ0n) is 11.4. The van der Waals surface area contributed by atoms with E-state index in [2.05, 4.69) is 5.32 Å². The van der Waals surface area contributed by atoms with Crippen molar-refractivity contribution >= 4 is 17.6 Å². The van der Waals surface area contributed by atoms with Crippen molar-refractivity contribution in [3.63, 3.8) is 0 Å². The van der Waals surface area contributed by atoms with Gasteiger partial charge in [-0.05, 0) is 31.0 Å². The summed E-state index contributed by atoms with van der Waals surface area (Å²) in [7, 11) is 1.32. The van der Waals surface area contributed by atoms with Crippen LogP contribution in [0.4, 0.5) is 5.69 Å². The van der Waals surface area contributed by atoms with Gasteiger partial charge < -0.3 is 15.0 Å². The Morgan fingerprint density at radius 3 is 2.84 bits per heavy atom. The van der Waals surface area contributed by atoms with Crippen molar-refractivity contribution in [2.75, 3.05) is 25.1 Å². The molecule has 1 aliphatic rings. The molecule has 1 unspecified atom stereocenters. The van der Waals surface area contributed by atoms with Gasteiger partial charge in [0.2, 0.25) is 5.91 Å². The van der Waals surface area contributed by atoms with E-state index in [1.54, 1.807) is 0 Å². The average molecular weight is 262 g/mol. The Bertz CT molecular complexity index is 513. The summed E-state index contributed by atoms with van der Waals surface area (Å²) in [6.45, 7) is 4.74. The van der Waals surface area contributed by atoms with Gasteiger partial charge >= 0.3 is 5.97 Å². The maximum absolute atomic E-state index is 11.7. The fraction of sp³-hybridized carbons (Fsp3) is 0.429. The first-order valence-electron chi connectivity index (χ1n) is 6.21. The summed E-state index contributed by atoms with van der Waals surface area (Å²) in [6, 6.07) is 5.35. The van der Waals surface area contributed by atoms with Crippen molar-refractivity contribution < 1.29 is 14.3 Å². The van der Waals surface area contributed by atoms with Gasteiger partial charge in [0.05, 0.1) is 13.7 Å². The molecule has 1 aromatic carbocycles. The number of hydrogen-bond donors (Lipinski definition) is 1. The molecule has 0 radical (unpaired) electrons. The number of carbonyl (C=O) groups is 2. The number of nitrogens with one attached hydrogen (secondary N) is 1. The Hall–Kier alpha value is -2.04. The molecule has 1 amide bonds. The molecule has 1 N–H and O–H groups in total. The van der Waals surface area contributed by atoms with Gasteiger partial charge in [-0.25, -0.2) is 4.79 Å². The molecule has 1 atom stereocenters. The number of benzene rings is 1. The quantitative estimate of drug-likeness (QED) is 0.800. The fourth-order valence-electron chi connectivity index (χ4n) is 2.28. The predicted octanol–water partition coefficient (Wildman–Crippen LogP) is 0.781. The minimum atomic E-state index is -0.605. The topological polar surface area (TPSA) is 58.6 Å². The van der Waals surface area contributed by atoms with Crippen LogP contribution < -0.4 is 10.2 Å². The lowest BCUT2D eigenvalue weighted by molar-refractivity contribution is -0.145. The molecular formula is C14H18N2O3. The SMILES string of the molecule is COC(=O)C1CN(c2cccc(C)c2C)CC(=O)N1. The highest BCUT2D eigenvalue weighted by Crippen LogP contribution is 2.24. The summed E-state index contributed by atoms with van der Waals surface area (Å²) in [4.78, 5) is 25.2. The van der Waals surface area contributed by atoms with Gasteiger partial charge in [-0.2, -0.15) is 0 Å². The zero-order valence-corrected chi connectivity index (χ0v) is 11.4. The highest BCUT2D eigenvalue weighted by atomic mass is 16.5. The normalized spacial score (nSPS) is 19.0. The molecule has 1 aromatic rings. The van der Waals surface area contributed by atoms with Gasteiger partial charge in [0.25, 0.3) is 0 Å². The van der Waals surface area contributed by atoms with Crippen LogP contribution in [0.5, 0.6) is 0 Å². The summed E-state index contributed by atoms with van der Waals surface area (Å²) in [5.41, 5.74) is 3.28. The Balaban J connectivity index is 2.26. The Morgan fingerprint density at radius 1 is 1.42 bits per heavy atom. The van der Waals surface area contributed by atoms with Gasteiger partial charge in [-0.15, -0.1) is 0 Å². The van der Waals surface area contributed by atoms with Crippen molar-refractivity contribution in [3.8, 4) is 0 Å². The fourth-order valence-corrected chi connectivity index (χ4v) is 2.28. The predicted molar refractivity (Wildman–Crippen MR) is 72.1 cm³/mol. The lowest BCUT2D eigenvalue weighted by Gasteiger charge is -2.34. The molecule has 1 heterocycles. The smallest absolute Gasteiger partial charge is 0.330 e. The number of hydrogen-bond acceptors (Lipinski definition) is 4. The lowest BCUT2D eigenvalue weighted by atomic mass is 10.1. The monoisotopic (exact) mass is 262 g/mol. The van der Waals surface area contributed by atoms with Gasteiger partial charge in [0, 0.05) is 12.2 Å². The first kappa shape index (κ1) is 13.4. The van der Waals surface area contributed by atoms with Crippen molar-refractivity contribution in [1.82, 2.24) is 5.32 Å². The van der Waals surface area contributed by atoms with E-state index in [-0.39, 0.29) is 12.5 Å². The average Bonchev–Trinajstić information content (AvgIpc) is 2.40. The second-order valence-corrected chi connectivity index (χ2v) is 4.74. The third-order valence-electron chi connectivity index (χ3n) is 3.48. The summed E-state index contributed by atoms with van der Waals surface area (Å²) in [5, 5.41) is 2.65. The molecular weight excluding hydrogens is 244 g/mol. The Kier molecular flexibility index (Phi) is 3.74. The van der Waals surface area contributed by atoms with Gasteiger partial charge in [-0.1, -0.05) is 12.1 Å². The van der Waals surface area contributed by atoms with E-state index < -0.39 is 12.0 Å². The standard InChI is InChI=1S/C14H18N2O3/c1-9-5-4-6-12(10(9)2)16-7-11(14(18)19-3)15-13(17)8-16/h4-6,11H,7-8H2,1-3H3,(H,15,17). The van der Waals surface area contributed by atoms with Crippen LogP contribution in [0.1, 0.15) is 11.1 Å². The van der Waals surface area contributed by atoms with Crippen molar-refractivity contribution in [2.45, 2.75) is 19.9 Å².